The molecule has 1 saturated carbocycles. The third-order valence-electron chi connectivity index (χ3n) is 5.31. The van der Waals surface area contributed by atoms with Crippen molar-refractivity contribution in [3.05, 3.63) is 43.9 Å². The number of nitrogens with zero attached hydrogens (tertiary/aromatic N) is 4. The van der Waals surface area contributed by atoms with Crippen LogP contribution in [0.5, 0.6) is 5.75 Å². The average Bonchev–Trinajstić information content (AvgIpc) is 3.61. The Hall–Kier alpha value is -2.67. The number of ether oxygens (including phenoxy) is 3. The van der Waals surface area contributed by atoms with Gasteiger partial charge in [0.1, 0.15) is 10.9 Å². The summed E-state index contributed by atoms with van der Waals surface area (Å²) in [4.78, 5) is 44.6. The first-order chi connectivity index (χ1) is 17.4. The Balaban J connectivity index is 2.05. The van der Waals surface area contributed by atoms with Crippen LogP contribution in [-0.2, 0) is 14.3 Å². The van der Waals surface area contributed by atoms with Gasteiger partial charge < -0.3 is 18.8 Å². The first-order valence-electron chi connectivity index (χ1n) is 10.9. The highest BCUT2D eigenvalue weighted by Crippen LogP contribution is 2.42. The highest BCUT2D eigenvalue weighted by molar-refractivity contribution is 6.40. The second-order valence-electron chi connectivity index (χ2n) is 8.41. The van der Waals surface area contributed by atoms with E-state index in [1.807, 2.05) is 6.92 Å². The van der Waals surface area contributed by atoms with Gasteiger partial charge in [0.15, 0.2) is 0 Å². The summed E-state index contributed by atoms with van der Waals surface area (Å²) in [7, 11) is 3.28. The van der Waals surface area contributed by atoms with Crippen LogP contribution < -0.4 is 15.2 Å². The number of likely N-dealkylation sites (N-methyl/N-ethyl adjacent to an activating group) is 1. The number of rotatable bonds is 10. The van der Waals surface area contributed by atoms with Crippen LogP contribution >= 0.6 is 34.8 Å². The van der Waals surface area contributed by atoms with Crippen LogP contribution in [0.3, 0.4) is 0 Å². The van der Waals surface area contributed by atoms with Crippen molar-refractivity contribution in [1.82, 2.24) is 14.5 Å². The van der Waals surface area contributed by atoms with Crippen molar-refractivity contribution in [2.75, 3.05) is 32.3 Å². The highest BCUT2D eigenvalue weighted by Gasteiger charge is 2.34. The minimum Gasteiger partial charge on any atom is -0.435 e. The Morgan fingerprint density at radius 1 is 1.16 bits per heavy atom. The van der Waals surface area contributed by atoms with Crippen LogP contribution in [0, 0.1) is 5.92 Å². The van der Waals surface area contributed by atoms with Crippen molar-refractivity contribution in [3.8, 4) is 5.75 Å². The van der Waals surface area contributed by atoms with Crippen molar-refractivity contribution in [2.45, 2.75) is 32.4 Å². The van der Waals surface area contributed by atoms with Gasteiger partial charge in [0.05, 0.1) is 22.3 Å². The Bertz CT molecular complexity index is 1200. The smallest absolute Gasteiger partial charge is 0.423 e. The summed E-state index contributed by atoms with van der Waals surface area (Å²) in [6.45, 7) is -2.23. The second-order valence-corrected chi connectivity index (χ2v) is 9.61. The van der Waals surface area contributed by atoms with Gasteiger partial charge in [0.2, 0.25) is 12.6 Å². The molecule has 1 heterocycles. The Morgan fingerprint density at radius 3 is 2.32 bits per heavy atom. The predicted molar refractivity (Wildman–Crippen MR) is 132 cm³/mol. The van der Waals surface area contributed by atoms with E-state index in [2.05, 4.69) is 9.72 Å². The number of carbonyl (C=O) groups is 2. The number of alkyl halides is 2. The zero-order valence-electron chi connectivity index (χ0n) is 19.9. The SMILES string of the molecule is C[C@@H](C1CC1)n1cc(Cl)nc(N(C(=O)OCOC(=O)CN(C)C)c2c(Cl)cc(OC(F)F)cc2Cl)c1=O. The van der Waals surface area contributed by atoms with Crippen molar-refractivity contribution < 1.29 is 32.6 Å². The molecule has 0 bridgehead atoms. The molecule has 0 unspecified atom stereocenters. The highest BCUT2D eigenvalue weighted by atomic mass is 35.5. The summed E-state index contributed by atoms with van der Waals surface area (Å²) in [5.74, 6) is -1.36. The molecule has 0 aliphatic heterocycles. The number of carbonyl (C=O) groups excluding carboxylic acids is 2. The minimum absolute atomic E-state index is 0.0792. The number of hydrogen-bond donors (Lipinski definition) is 0. The Kier molecular flexibility index (Phi) is 9.57. The van der Waals surface area contributed by atoms with Crippen LogP contribution in [-0.4, -0.2) is 60.6 Å². The van der Waals surface area contributed by atoms with E-state index in [0.29, 0.717) is 4.90 Å². The van der Waals surface area contributed by atoms with E-state index in [0.717, 1.165) is 25.0 Å². The first kappa shape index (κ1) is 28.9. The molecule has 1 aliphatic rings. The maximum absolute atomic E-state index is 13.4. The van der Waals surface area contributed by atoms with Gasteiger partial charge in [-0.1, -0.05) is 34.8 Å². The Labute approximate surface area is 225 Å². The molecule has 0 N–H and O–H groups in total. The van der Waals surface area contributed by atoms with E-state index >= 15 is 0 Å². The van der Waals surface area contributed by atoms with Crippen LogP contribution in [0.2, 0.25) is 15.2 Å². The molecule has 0 radical (unpaired) electrons. The molecule has 1 aromatic carbocycles. The van der Waals surface area contributed by atoms with Crippen LogP contribution in [0.25, 0.3) is 0 Å². The standard InChI is InChI=1S/C22H23Cl3F2N4O6/c1-11(12-4-5-12)30-8-16(25)28-19(20(30)33)31(22(34)36-10-35-17(32)9-29(2)3)18-14(23)6-13(7-15(18)24)37-21(26)27/h6-8,11-12,21H,4-5,9-10H2,1-3H3/t11-/m0/s1. The van der Waals surface area contributed by atoms with Gasteiger partial charge in [-0.2, -0.15) is 8.78 Å². The second kappa shape index (κ2) is 12.2. The zero-order valence-corrected chi connectivity index (χ0v) is 22.2. The molecule has 1 atom stereocenters. The number of halogens is 5. The monoisotopic (exact) mass is 582 g/mol. The van der Waals surface area contributed by atoms with Crippen LogP contribution in [0.1, 0.15) is 25.8 Å². The lowest BCUT2D eigenvalue weighted by Gasteiger charge is -2.25. The van der Waals surface area contributed by atoms with Gasteiger partial charge in [0, 0.05) is 24.4 Å². The summed E-state index contributed by atoms with van der Waals surface area (Å²) in [5, 5.41) is -0.803. The van der Waals surface area contributed by atoms with Gasteiger partial charge in [0.25, 0.3) is 5.56 Å². The molecule has 1 aliphatic carbocycles. The molecular weight excluding hydrogens is 561 g/mol. The summed E-state index contributed by atoms with van der Waals surface area (Å²) in [5.41, 5.74) is -1.03. The van der Waals surface area contributed by atoms with E-state index < -0.39 is 42.6 Å². The maximum atomic E-state index is 13.4. The molecule has 202 valence electrons. The Morgan fingerprint density at radius 2 is 1.78 bits per heavy atom. The molecule has 1 aromatic heterocycles. The maximum Gasteiger partial charge on any atom is 0.423 e. The van der Waals surface area contributed by atoms with Crippen molar-refractivity contribution >= 4 is 58.4 Å². The number of anilines is 2. The fraction of sp³-hybridized carbons (Fsp3) is 0.455. The van der Waals surface area contributed by atoms with Gasteiger partial charge >= 0.3 is 18.7 Å². The lowest BCUT2D eigenvalue weighted by Crippen LogP contribution is -2.37. The van der Waals surface area contributed by atoms with E-state index in [-0.39, 0.29) is 39.4 Å². The number of benzene rings is 1. The zero-order chi connectivity index (χ0) is 27.4. The third kappa shape index (κ3) is 7.44. The van der Waals surface area contributed by atoms with Crippen LogP contribution in [0.15, 0.2) is 23.1 Å². The number of hydrogen-bond acceptors (Lipinski definition) is 8. The molecule has 15 heteroatoms. The molecule has 3 rings (SSSR count). The summed E-state index contributed by atoms with van der Waals surface area (Å²) in [6, 6.07) is 1.69. The van der Waals surface area contributed by atoms with Gasteiger partial charge in [-0.25, -0.2) is 14.7 Å². The first-order valence-corrected chi connectivity index (χ1v) is 12.0. The minimum atomic E-state index is -3.17. The molecule has 2 aromatic rings. The van der Waals surface area contributed by atoms with E-state index in [9.17, 15) is 23.2 Å². The molecule has 37 heavy (non-hydrogen) atoms. The van der Waals surface area contributed by atoms with Crippen molar-refractivity contribution in [2.24, 2.45) is 5.92 Å². The lowest BCUT2D eigenvalue weighted by molar-refractivity contribution is -0.152. The van der Waals surface area contributed by atoms with Crippen LogP contribution in [0.4, 0.5) is 25.1 Å². The molecule has 0 spiro atoms. The predicted octanol–water partition coefficient (Wildman–Crippen LogP) is 5.11. The average molecular weight is 584 g/mol. The fourth-order valence-corrected chi connectivity index (χ4v) is 4.27. The van der Waals surface area contributed by atoms with Gasteiger partial charge in [-0.15, -0.1) is 0 Å². The van der Waals surface area contributed by atoms with Crippen molar-refractivity contribution in [1.29, 1.82) is 0 Å². The topological polar surface area (TPSA) is 103 Å². The lowest BCUT2D eigenvalue weighted by atomic mass is 10.2. The number of aromatic nitrogens is 2. The largest absolute Gasteiger partial charge is 0.435 e. The fourth-order valence-electron chi connectivity index (χ4n) is 3.45. The molecule has 0 saturated heterocycles. The molecule has 1 fully saturated rings. The van der Waals surface area contributed by atoms with Gasteiger partial charge in [-0.3, -0.25) is 14.5 Å². The summed E-state index contributed by atoms with van der Waals surface area (Å²) < 4.78 is 41.0. The van der Waals surface area contributed by atoms with E-state index in [1.54, 1.807) is 19.0 Å². The number of esters is 1. The molecule has 10 nitrogen and oxygen atoms in total. The summed E-state index contributed by atoms with van der Waals surface area (Å²) in [6.07, 6.45) is 1.92. The number of amides is 1. The normalized spacial score (nSPS) is 14.0. The van der Waals surface area contributed by atoms with E-state index in [1.165, 1.54) is 10.8 Å². The van der Waals surface area contributed by atoms with Gasteiger partial charge in [-0.05, 0) is 39.8 Å². The molecule has 1 amide bonds. The quantitative estimate of drug-likeness (QED) is 0.281. The molecular formula is C22H23Cl3F2N4O6. The summed E-state index contributed by atoms with van der Waals surface area (Å²) >= 11 is 18.8. The van der Waals surface area contributed by atoms with E-state index in [4.69, 9.17) is 44.3 Å². The van der Waals surface area contributed by atoms with Crippen molar-refractivity contribution in [3.63, 3.8) is 0 Å². The third-order valence-corrected chi connectivity index (χ3v) is 6.07.